The van der Waals surface area contributed by atoms with Crippen LogP contribution < -0.4 is 31.7 Å². The topological polar surface area (TPSA) is 218 Å². The maximum absolute atomic E-state index is 13.5. The highest BCUT2D eigenvalue weighted by molar-refractivity contribution is 7.80. The smallest absolute Gasteiger partial charge is 0.409 e. The Labute approximate surface area is 328 Å². The molecule has 7 N–H and O–H groups in total. The van der Waals surface area contributed by atoms with Crippen LogP contribution in [0.1, 0.15) is 63.0 Å². The Kier molecular flexibility index (Phi) is 19.9. The molecule has 1 saturated heterocycles. The Morgan fingerprint density at radius 1 is 0.818 bits per heavy atom. The van der Waals surface area contributed by atoms with Crippen molar-refractivity contribution in [3.8, 4) is 5.75 Å². The fraction of sp³-hybridized carbons (Fsp3) is 0.538. The first kappa shape index (κ1) is 44.6. The largest absolute Gasteiger partial charge is 0.494 e. The summed E-state index contributed by atoms with van der Waals surface area (Å²) in [4.78, 5) is 76.7. The zero-order valence-corrected chi connectivity index (χ0v) is 32.4. The Hall–Kier alpha value is -4.83. The predicted octanol–water partition coefficient (Wildman–Crippen LogP) is 2.21. The summed E-state index contributed by atoms with van der Waals surface area (Å²) < 4.78 is 11.2. The molecule has 0 saturated carbocycles. The molecule has 16 heteroatoms. The first-order valence-corrected chi connectivity index (χ1v) is 19.5. The van der Waals surface area contributed by atoms with Crippen LogP contribution in [0.4, 0.5) is 4.79 Å². The van der Waals surface area contributed by atoms with Crippen molar-refractivity contribution >= 4 is 48.3 Å². The van der Waals surface area contributed by atoms with E-state index in [1.807, 2.05) is 0 Å². The van der Waals surface area contributed by atoms with Gasteiger partial charge in [-0.25, -0.2) is 9.59 Å². The minimum absolute atomic E-state index is 0.0214. The molecule has 1 fully saturated rings. The fourth-order valence-corrected chi connectivity index (χ4v) is 6.23. The predicted molar refractivity (Wildman–Crippen MR) is 210 cm³/mol. The number of nitrogens with one attached hydrogen (secondary N) is 4. The number of likely N-dealkylation sites (tertiary alicyclic amines) is 1. The van der Waals surface area contributed by atoms with Crippen molar-refractivity contribution in [3.63, 3.8) is 0 Å². The molecule has 302 valence electrons. The first-order valence-electron chi connectivity index (χ1n) is 18.9. The lowest BCUT2D eigenvalue weighted by atomic mass is 9.92. The van der Waals surface area contributed by atoms with E-state index in [0.29, 0.717) is 36.0 Å². The number of carbonyl (C=O) groups is 6. The molecule has 1 aliphatic rings. The lowest BCUT2D eigenvalue weighted by Gasteiger charge is -2.31. The number of unbranched alkanes of at least 4 members (excludes halogenated alkanes) is 2. The number of hydrogen-bond donors (Lipinski definition) is 7. The molecule has 0 aliphatic carbocycles. The highest BCUT2D eigenvalue weighted by Crippen LogP contribution is 2.23. The van der Waals surface area contributed by atoms with E-state index < -0.39 is 54.3 Å². The average molecular weight is 785 g/mol. The molecular weight excluding hydrogens is 729 g/mol. The fourth-order valence-electron chi connectivity index (χ4n) is 5.98. The quantitative estimate of drug-likeness (QED) is 0.0644. The number of ether oxygens (including phenoxy) is 2. The molecule has 0 radical (unpaired) electrons. The van der Waals surface area contributed by atoms with Crippen molar-refractivity contribution in [2.75, 3.05) is 45.1 Å². The molecular formula is C39H56N6O9S. The Balaban J connectivity index is 1.49. The number of rotatable bonds is 23. The van der Waals surface area contributed by atoms with Crippen LogP contribution in [-0.2, 0) is 41.6 Å². The van der Waals surface area contributed by atoms with Gasteiger partial charge >= 0.3 is 12.1 Å². The molecule has 15 nitrogen and oxygen atoms in total. The molecule has 55 heavy (non-hydrogen) atoms. The van der Waals surface area contributed by atoms with Crippen molar-refractivity contribution in [1.29, 1.82) is 0 Å². The number of piperidine rings is 1. The third-order valence-electron chi connectivity index (χ3n) is 9.23. The van der Waals surface area contributed by atoms with Gasteiger partial charge in [-0.05, 0) is 61.3 Å². The van der Waals surface area contributed by atoms with E-state index in [-0.39, 0.29) is 31.2 Å². The number of thiol groups is 1. The molecule has 1 heterocycles. The zero-order chi connectivity index (χ0) is 40.0. The van der Waals surface area contributed by atoms with Gasteiger partial charge in [0.2, 0.25) is 23.6 Å². The maximum atomic E-state index is 13.5. The maximum Gasteiger partial charge on any atom is 0.409 e. The van der Waals surface area contributed by atoms with Crippen LogP contribution in [0.15, 0.2) is 54.6 Å². The van der Waals surface area contributed by atoms with Gasteiger partial charge in [-0.15, -0.1) is 0 Å². The Bertz CT molecular complexity index is 1520. The monoisotopic (exact) mass is 784 g/mol. The van der Waals surface area contributed by atoms with Crippen molar-refractivity contribution in [1.82, 2.24) is 26.2 Å². The third-order valence-corrected chi connectivity index (χ3v) is 9.60. The number of nitrogens with zero attached hydrogens (tertiary/aromatic N) is 1. The summed E-state index contributed by atoms with van der Waals surface area (Å²) in [6, 6.07) is 12.3. The lowest BCUT2D eigenvalue weighted by Crippen LogP contribution is -2.57. The zero-order valence-electron chi connectivity index (χ0n) is 31.5. The van der Waals surface area contributed by atoms with Gasteiger partial charge in [-0.2, -0.15) is 12.6 Å². The summed E-state index contributed by atoms with van der Waals surface area (Å²) in [6.07, 6.45) is 6.60. The van der Waals surface area contributed by atoms with Crippen molar-refractivity contribution < 1.29 is 43.3 Å². The average Bonchev–Trinajstić information content (AvgIpc) is 3.19. The molecule has 3 atom stereocenters. The number of amides is 5. The normalized spacial score (nSPS) is 14.5. The van der Waals surface area contributed by atoms with Crippen LogP contribution in [0.2, 0.25) is 0 Å². The van der Waals surface area contributed by atoms with E-state index in [1.54, 1.807) is 59.5 Å². The van der Waals surface area contributed by atoms with Crippen LogP contribution in [-0.4, -0.2) is 109 Å². The van der Waals surface area contributed by atoms with Crippen LogP contribution in [0, 0.1) is 5.92 Å². The summed E-state index contributed by atoms with van der Waals surface area (Å²) in [7, 11) is 0. The minimum atomic E-state index is -1.31. The summed E-state index contributed by atoms with van der Waals surface area (Å²) >= 11 is 4.16. The van der Waals surface area contributed by atoms with Gasteiger partial charge in [0.05, 0.1) is 26.3 Å². The van der Waals surface area contributed by atoms with Gasteiger partial charge in [-0.3, -0.25) is 19.2 Å². The van der Waals surface area contributed by atoms with Crippen molar-refractivity contribution in [3.05, 3.63) is 65.7 Å². The molecule has 2 aromatic rings. The second-order valence-corrected chi connectivity index (χ2v) is 13.9. The van der Waals surface area contributed by atoms with Gasteiger partial charge < -0.3 is 46.5 Å². The van der Waals surface area contributed by atoms with Crippen molar-refractivity contribution in [2.24, 2.45) is 11.7 Å². The van der Waals surface area contributed by atoms with E-state index >= 15 is 0 Å². The highest BCUT2D eigenvalue weighted by atomic mass is 32.1. The van der Waals surface area contributed by atoms with Crippen molar-refractivity contribution in [2.45, 2.75) is 82.8 Å². The van der Waals surface area contributed by atoms with E-state index in [1.165, 1.54) is 0 Å². The number of carboxylic acid groups (broad SMARTS) is 1. The number of hydrogen-bond acceptors (Lipinski definition) is 10. The van der Waals surface area contributed by atoms with E-state index in [9.17, 15) is 33.9 Å². The second-order valence-electron chi connectivity index (χ2n) is 13.5. The summed E-state index contributed by atoms with van der Waals surface area (Å²) in [5.41, 5.74) is 6.60. The van der Waals surface area contributed by atoms with Crippen LogP contribution in [0.25, 0.3) is 0 Å². The van der Waals surface area contributed by atoms with E-state index in [0.717, 1.165) is 58.0 Å². The van der Waals surface area contributed by atoms with Gasteiger partial charge in [0.25, 0.3) is 0 Å². The third kappa shape index (κ3) is 16.6. The number of benzene rings is 2. The summed E-state index contributed by atoms with van der Waals surface area (Å²) in [5, 5.41) is 20.0. The molecule has 0 spiro atoms. The molecule has 0 unspecified atom stereocenters. The molecule has 0 aromatic heterocycles. The lowest BCUT2D eigenvalue weighted by molar-refractivity contribution is -0.142. The second kappa shape index (κ2) is 24.6. The molecule has 3 rings (SSSR count). The Morgan fingerprint density at radius 2 is 1.45 bits per heavy atom. The minimum Gasteiger partial charge on any atom is -0.494 e. The highest BCUT2D eigenvalue weighted by Gasteiger charge is 2.30. The van der Waals surface area contributed by atoms with Gasteiger partial charge in [-0.1, -0.05) is 62.2 Å². The molecule has 5 amide bonds. The van der Waals surface area contributed by atoms with Crippen LogP contribution in [0.3, 0.4) is 0 Å². The summed E-state index contributed by atoms with van der Waals surface area (Å²) in [5.74, 6) is -2.79. The van der Waals surface area contributed by atoms with Crippen LogP contribution in [0.5, 0.6) is 5.75 Å². The van der Waals surface area contributed by atoms with Gasteiger partial charge in [0.15, 0.2) is 0 Å². The summed E-state index contributed by atoms with van der Waals surface area (Å²) in [6.45, 7) is 3.82. The number of carboxylic acids is 1. The number of nitrogens with two attached hydrogens (primary N) is 1. The van der Waals surface area contributed by atoms with E-state index in [4.69, 9.17) is 15.2 Å². The SMILES string of the molecule is CCCCOC(=O)N1CCC(CCCCOc2ccc(C[C@H](NC(=O)[C@H](Cc3ccccc3)NC(=O)[C@H](CS)NC(=O)CNC(=O)CN)C(=O)O)cc2)CC1. The molecule has 2 aromatic carbocycles. The van der Waals surface area contributed by atoms with Gasteiger partial charge in [0, 0.05) is 31.7 Å². The number of aliphatic carboxylic acids is 1. The Morgan fingerprint density at radius 3 is 2.09 bits per heavy atom. The van der Waals surface area contributed by atoms with E-state index in [2.05, 4.69) is 40.8 Å². The molecule has 1 aliphatic heterocycles. The standard InChI is InChI=1S/C39H56N6O9S/c1-2-3-20-54-39(52)45-18-16-27(17-19-45)9-7-8-21-53-30-14-12-29(13-15-30)23-32(38(50)51)44-36(48)31(22-28-10-5-4-6-11-28)43-37(49)33(26-55)42-35(47)25-41-34(46)24-40/h4-6,10-15,27,31-33,55H,2-3,7-9,16-26,40H2,1H3,(H,41,46)(H,42,47)(H,43,49)(H,44,48)(H,50,51)/t31-,32-,33-/m0/s1. The first-order chi connectivity index (χ1) is 26.5. The van der Waals surface area contributed by atoms with Gasteiger partial charge in [0.1, 0.15) is 23.9 Å². The van der Waals surface area contributed by atoms with Crippen LogP contribution >= 0.6 is 12.6 Å². The number of carbonyl (C=O) groups excluding carboxylic acids is 5. The molecule has 0 bridgehead atoms.